The molecule has 3 aromatic carbocycles. The van der Waals surface area contributed by atoms with E-state index in [1.807, 2.05) is 42.5 Å². The van der Waals surface area contributed by atoms with E-state index in [2.05, 4.69) is 52.0 Å². The summed E-state index contributed by atoms with van der Waals surface area (Å²) in [6, 6.07) is 22.5. The van der Waals surface area contributed by atoms with Crippen LogP contribution in [0.5, 0.6) is 0 Å². The van der Waals surface area contributed by atoms with Gasteiger partial charge in [-0.3, -0.25) is 4.79 Å². The van der Waals surface area contributed by atoms with Gasteiger partial charge in [0.25, 0.3) is 0 Å². The maximum absolute atomic E-state index is 11.3. The molecule has 0 aliphatic heterocycles. The third kappa shape index (κ3) is 6.31. The molecule has 1 unspecified atom stereocenters. The number of carbonyl (C=O) groups excluding carboxylic acids is 1. The molecular formula is C26H33NO. The number of hydrogen-bond donors (Lipinski definition) is 1. The summed E-state index contributed by atoms with van der Waals surface area (Å²) in [5.41, 5.74) is 9.68. The van der Waals surface area contributed by atoms with E-state index in [1.54, 1.807) is 6.92 Å². The summed E-state index contributed by atoms with van der Waals surface area (Å²) in [7, 11) is 0. The first kappa shape index (κ1) is 21.8. The van der Waals surface area contributed by atoms with Crippen molar-refractivity contribution in [3.8, 4) is 0 Å². The van der Waals surface area contributed by atoms with Gasteiger partial charge in [-0.25, -0.2) is 0 Å². The highest BCUT2D eigenvalue weighted by atomic mass is 16.1. The molecule has 0 bridgehead atoms. The van der Waals surface area contributed by atoms with Crippen LogP contribution in [0.2, 0.25) is 0 Å². The number of aryl methyl sites for hydroxylation is 1. The molecule has 0 aromatic heterocycles. The lowest BCUT2D eigenvalue weighted by Gasteiger charge is -2.25. The second-order valence-corrected chi connectivity index (χ2v) is 8.69. The van der Waals surface area contributed by atoms with Crippen LogP contribution in [-0.2, 0) is 0 Å². The van der Waals surface area contributed by atoms with Gasteiger partial charge < -0.3 is 5.73 Å². The van der Waals surface area contributed by atoms with Crippen molar-refractivity contribution in [2.24, 2.45) is 11.1 Å². The fourth-order valence-corrected chi connectivity index (χ4v) is 3.45. The number of hydrogen-bond acceptors (Lipinski definition) is 2. The van der Waals surface area contributed by atoms with Gasteiger partial charge in [0.05, 0.1) is 0 Å². The molecule has 3 rings (SSSR count). The highest BCUT2D eigenvalue weighted by molar-refractivity contribution is 6.06. The monoisotopic (exact) mass is 375 g/mol. The Morgan fingerprint density at radius 1 is 0.929 bits per heavy atom. The van der Waals surface area contributed by atoms with Crippen LogP contribution in [0.15, 0.2) is 66.7 Å². The average molecular weight is 376 g/mol. The van der Waals surface area contributed by atoms with E-state index in [4.69, 9.17) is 5.73 Å². The molecule has 2 heteroatoms. The zero-order valence-electron chi connectivity index (χ0n) is 17.8. The van der Waals surface area contributed by atoms with Crippen LogP contribution in [0.4, 0.5) is 0 Å². The Bertz CT molecular complexity index is 898. The molecule has 0 aliphatic carbocycles. The van der Waals surface area contributed by atoms with E-state index in [0.717, 1.165) is 29.3 Å². The van der Waals surface area contributed by atoms with Crippen LogP contribution in [0.1, 0.15) is 61.5 Å². The Kier molecular flexibility index (Phi) is 7.53. The van der Waals surface area contributed by atoms with Crippen LogP contribution < -0.4 is 5.73 Å². The summed E-state index contributed by atoms with van der Waals surface area (Å²) >= 11 is 0. The lowest BCUT2D eigenvalue weighted by atomic mass is 9.81. The number of benzene rings is 3. The average Bonchev–Trinajstić information content (AvgIpc) is 2.66. The van der Waals surface area contributed by atoms with E-state index in [-0.39, 0.29) is 5.78 Å². The van der Waals surface area contributed by atoms with Crippen molar-refractivity contribution in [1.82, 2.24) is 0 Å². The van der Waals surface area contributed by atoms with E-state index in [0.29, 0.717) is 11.3 Å². The largest absolute Gasteiger partial charge is 0.330 e. The van der Waals surface area contributed by atoms with E-state index < -0.39 is 0 Å². The highest BCUT2D eigenvalue weighted by Gasteiger charge is 2.18. The summed E-state index contributed by atoms with van der Waals surface area (Å²) in [5.74, 6) is 0.613. The van der Waals surface area contributed by atoms with Crippen molar-refractivity contribution in [1.29, 1.82) is 0 Å². The SMILES string of the molecule is CC(=O)c1cccc2ccccc12.Cc1ccc(C(CN)CC(C)(C)C)cc1. The molecule has 28 heavy (non-hydrogen) atoms. The second-order valence-electron chi connectivity index (χ2n) is 8.69. The van der Waals surface area contributed by atoms with Crippen molar-refractivity contribution < 1.29 is 4.79 Å². The maximum atomic E-state index is 11.3. The third-order valence-corrected chi connectivity index (χ3v) is 4.86. The van der Waals surface area contributed by atoms with E-state index in [9.17, 15) is 4.79 Å². The fourth-order valence-electron chi connectivity index (χ4n) is 3.45. The van der Waals surface area contributed by atoms with Crippen LogP contribution in [0, 0.1) is 12.3 Å². The minimum absolute atomic E-state index is 0.122. The van der Waals surface area contributed by atoms with Crippen LogP contribution >= 0.6 is 0 Å². The lowest BCUT2D eigenvalue weighted by Crippen LogP contribution is -2.19. The normalized spacial score (nSPS) is 12.2. The van der Waals surface area contributed by atoms with Gasteiger partial charge in [0, 0.05) is 5.56 Å². The molecule has 0 saturated heterocycles. The Morgan fingerprint density at radius 3 is 2.11 bits per heavy atom. The minimum atomic E-state index is 0.122. The molecule has 2 N–H and O–H groups in total. The molecule has 0 radical (unpaired) electrons. The summed E-state index contributed by atoms with van der Waals surface area (Å²) in [6.45, 7) is 11.3. The summed E-state index contributed by atoms with van der Waals surface area (Å²) in [6.07, 6.45) is 1.15. The molecule has 0 amide bonds. The van der Waals surface area contributed by atoms with Crippen molar-refractivity contribution in [2.75, 3.05) is 6.54 Å². The van der Waals surface area contributed by atoms with Gasteiger partial charge in [-0.15, -0.1) is 0 Å². The van der Waals surface area contributed by atoms with Gasteiger partial charge in [0.15, 0.2) is 5.78 Å². The molecule has 1 atom stereocenters. The van der Waals surface area contributed by atoms with Gasteiger partial charge >= 0.3 is 0 Å². The van der Waals surface area contributed by atoms with Gasteiger partial charge in [0.1, 0.15) is 0 Å². The number of carbonyl (C=O) groups is 1. The zero-order chi connectivity index (χ0) is 20.7. The number of rotatable bonds is 4. The molecule has 3 aromatic rings. The number of Topliss-reactive ketones (excluding diaryl/α,β-unsaturated/α-hetero) is 1. The molecule has 0 aliphatic rings. The molecule has 0 spiro atoms. The van der Waals surface area contributed by atoms with Crippen LogP contribution in [0.3, 0.4) is 0 Å². The predicted molar refractivity (Wildman–Crippen MR) is 121 cm³/mol. The Hall–Kier alpha value is -2.45. The number of nitrogens with two attached hydrogens (primary N) is 1. The Balaban J connectivity index is 0.000000202. The first-order chi connectivity index (χ1) is 13.2. The maximum Gasteiger partial charge on any atom is 0.160 e. The molecular weight excluding hydrogens is 342 g/mol. The first-order valence-corrected chi connectivity index (χ1v) is 9.96. The van der Waals surface area contributed by atoms with Crippen LogP contribution in [-0.4, -0.2) is 12.3 Å². The molecule has 0 fully saturated rings. The molecule has 0 saturated carbocycles. The quantitative estimate of drug-likeness (QED) is 0.528. The Labute approximate surface area is 169 Å². The second kappa shape index (κ2) is 9.66. The van der Waals surface area contributed by atoms with Crippen LogP contribution in [0.25, 0.3) is 10.8 Å². The fraction of sp³-hybridized carbons (Fsp3) is 0.346. The van der Waals surface area contributed by atoms with Crippen molar-refractivity contribution in [3.05, 3.63) is 83.4 Å². The van der Waals surface area contributed by atoms with Crippen molar-refractivity contribution in [3.63, 3.8) is 0 Å². The topological polar surface area (TPSA) is 43.1 Å². The number of ketones is 1. The summed E-state index contributed by atoms with van der Waals surface area (Å²) in [5, 5.41) is 2.16. The zero-order valence-corrected chi connectivity index (χ0v) is 17.8. The summed E-state index contributed by atoms with van der Waals surface area (Å²) in [4.78, 5) is 11.3. The van der Waals surface area contributed by atoms with Crippen molar-refractivity contribution >= 4 is 16.6 Å². The van der Waals surface area contributed by atoms with Crippen molar-refractivity contribution in [2.45, 2.75) is 47.0 Å². The van der Waals surface area contributed by atoms with Gasteiger partial charge in [-0.05, 0) is 54.5 Å². The predicted octanol–water partition coefficient (Wildman–Crippen LogP) is 6.52. The lowest BCUT2D eigenvalue weighted by molar-refractivity contribution is 0.101. The first-order valence-electron chi connectivity index (χ1n) is 9.96. The highest BCUT2D eigenvalue weighted by Crippen LogP contribution is 2.30. The number of fused-ring (bicyclic) bond motifs is 1. The third-order valence-electron chi connectivity index (χ3n) is 4.86. The van der Waals surface area contributed by atoms with E-state index >= 15 is 0 Å². The Morgan fingerprint density at radius 2 is 1.54 bits per heavy atom. The molecule has 2 nitrogen and oxygen atoms in total. The smallest absolute Gasteiger partial charge is 0.160 e. The van der Waals surface area contributed by atoms with E-state index in [1.165, 1.54) is 11.1 Å². The molecule has 148 valence electrons. The summed E-state index contributed by atoms with van der Waals surface area (Å²) < 4.78 is 0. The van der Waals surface area contributed by atoms with Gasteiger partial charge in [-0.2, -0.15) is 0 Å². The minimum Gasteiger partial charge on any atom is -0.330 e. The standard InChI is InChI=1S/C14H23N.C12H10O/c1-11-5-7-12(8-6-11)13(10-15)9-14(2,3)4;1-9(13)11-8-4-6-10-5-2-3-7-12(10)11/h5-8,13H,9-10,15H2,1-4H3;2-8H,1H3. The molecule has 0 heterocycles. The van der Waals surface area contributed by atoms with Gasteiger partial charge in [-0.1, -0.05) is 93.1 Å². The van der Waals surface area contributed by atoms with Gasteiger partial charge in [0.2, 0.25) is 0 Å².